The number of nitrogens with two attached hydrogens (primary N) is 1. The second-order valence-electron chi connectivity index (χ2n) is 7.04. The zero-order valence-corrected chi connectivity index (χ0v) is 14.3. The Morgan fingerprint density at radius 3 is 2.62 bits per heavy atom. The van der Waals surface area contributed by atoms with Crippen LogP contribution in [0.1, 0.15) is 40.0 Å². The summed E-state index contributed by atoms with van der Waals surface area (Å²) in [5.74, 6) is 0.775. The number of hydrazine groups is 1. The minimum Gasteiger partial charge on any atom is -0.404 e. The smallest absolute Gasteiger partial charge is 0.0410 e. The van der Waals surface area contributed by atoms with Gasteiger partial charge in [-0.05, 0) is 44.6 Å². The first-order valence-electron chi connectivity index (χ1n) is 7.76. The van der Waals surface area contributed by atoms with Gasteiger partial charge in [0, 0.05) is 37.0 Å². The quantitative estimate of drug-likeness (QED) is 0.401. The van der Waals surface area contributed by atoms with Crippen LogP contribution in [0.5, 0.6) is 0 Å². The van der Waals surface area contributed by atoms with E-state index < -0.39 is 0 Å². The van der Waals surface area contributed by atoms with Crippen LogP contribution in [0.15, 0.2) is 23.9 Å². The van der Waals surface area contributed by atoms with Crippen molar-refractivity contribution < 1.29 is 0 Å². The molecular formula is C17H32N4. The van der Waals surface area contributed by atoms with Gasteiger partial charge in [0.25, 0.3) is 0 Å². The predicted octanol–water partition coefficient (Wildman–Crippen LogP) is 2.93. The maximum Gasteiger partial charge on any atom is 0.0410 e. The van der Waals surface area contributed by atoms with Gasteiger partial charge in [0.2, 0.25) is 0 Å². The summed E-state index contributed by atoms with van der Waals surface area (Å²) in [6, 6.07) is 0. The van der Waals surface area contributed by atoms with Crippen LogP contribution in [-0.2, 0) is 0 Å². The molecule has 0 amide bonds. The van der Waals surface area contributed by atoms with Gasteiger partial charge in [-0.3, -0.25) is 5.43 Å². The van der Waals surface area contributed by atoms with Crippen molar-refractivity contribution >= 4 is 5.71 Å². The Balaban J connectivity index is 2.81. The fourth-order valence-electron chi connectivity index (χ4n) is 3.40. The molecule has 120 valence electrons. The second-order valence-corrected chi connectivity index (χ2v) is 7.04. The second kappa shape index (κ2) is 7.23. The zero-order valence-electron chi connectivity index (χ0n) is 14.3. The number of nitrogens with one attached hydrogen (secondary N) is 2. The summed E-state index contributed by atoms with van der Waals surface area (Å²) in [4.78, 5) is 0. The molecule has 0 radical (unpaired) electrons. The standard InChI is InChI=1S/C17H32N4/c1-12(2)15-9-13(7-8-17(15,3)4)16(19)14(10-18)11-21(6)20-5/h10,13,15,19-20H,1,7-9,11,18H2,2-6H3/b14-10-,19-16?. The average Bonchev–Trinajstić information content (AvgIpc) is 2.43. The first kappa shape index (κ1) is 17.9. The summed E-state index contributed by atoms with van der Waals surface area (Å²) >= 11 is 0. The minimum absolute atomic E-state index is 0.289. The lowest BCUT2D eigenvalue weighted by Crippen LogP contribution is -2.38. The summed E-state index contributed by atoms with van der Waals surface area (Å²) in [5.41, 5.74) is 11.9. The van der Waals surface area contributed by atoms with E-state index in [0.717, 1.165) is 24.8 Å². The fraction of sp³-hybridized carbons (Fsp3) is 0.706. The van der Waals surface area contributed by atoms with Crippen LogP contribution in [0.4, 0.5) is 0 Å². The van der Waals surface area contributed by atoms with E-state index in [-0.39, 0.29) is 5.41 Å². The molecule has 0 aromatic heterocycles. The van der Waals surface area contributed by atoms with E-state index in [1.165, 1.54) is 5.57 Å². The summed E-state index contributed by atoms with van der Waals surface area (Å²) in [7, 11) is 3.83. The van der Waals surface area contributed by atoms with Crippen molar-refractivity contribution in [1.29, 1.82) is 5.41 Å². The Hall–Kier alpha value is -1.13. The van der Waals surface area contributed by atoms with E-state index in [1.807, 2.05) is 19.1 Å². The number of allylic oxidation sites excluding steroid dienone is 1. The Kier molecular flexibility index (Phi) is 6.17. The Bertz CT molecular complexity index is 423. The Morgan fingerprint density at radius 1 is 1.52 bits per heavy atom. The third kappa shape index (κ3) is 4.42. The summed E-state index contributed by atoms with van der Waals surface area (Å²) in [6.45, 7) is 11.6. The maximum atomic E-state index is 8.54. The third-order valence-corrected chi connectivity index (χ3v) is 4.94. The van der Waals surface area contributed by atoms with Crippen molar-refractivity contribution in [2.24, 2.45) is 23.0 Å². The van der Waals surface area contributed by atoms with Crippen LogP contribution in [0, 0.1) is 22.7 Å². The van der Waals surface area contributed by atoms with Crippen LogP contribution in [0.3, 0.4) is 0 Å². The van der Waals surface area contributed by atoms with Gasteiger partial charge in [0.15, 0.2) is 0 Å². The molecule has 1 rings (SSSR count). The molecule has 1 aliphatic carbocycles. The SMILES string of the molecule is C=C(C)C1CC(C(=N)/C(=C\N)CN(C)NC)CCC1(C)C. The topological polar surface area (TPSA) is 65.1 Å². The molecule has 0 spiro atoms. The molecule has 4 nitrogen and oxygen atoms in total. The largest absolute Gasteiger partial charge is 0.404 e. The molecule has 0 aromatic carbocycles. The first-order chi connectivity index (χ1) is 9.72. The molecule has 0 saturated heterocycles. The van der Waals surface area contributed by atoms with Gasteiger partial charge >= 0.3 is 0 Å². The highest BCUT2D eigenvalue weighted by Gasteiger charge is 2.38. The van der Waals surface area contributed by atoms with Crippen LogP contribution in [0.2, 0.25) is 0 Å². The van der Waals surface area contributed by atoms with Crippen molar-refractivity contribution in [3.05, 3.63) is 23.9 Å². The molecule has 0 bridgehead atoms. The lowest BCUT2D eigenvalue weighted by Gasteiger charge is -2.43. The summed E-state index contributed by atoms with van der Waals surface area (Å²) < 4.78 is 0. The van der Waals surface area contributed by atoms with Crippen LogP contribution in [0.25, 0.3) is 0 Å². The lowest BCUT2D eigenvalue weighted by molar-refractivity contribution is 0.148. The number of hydrogen-bond donors (Lipinski definition) is 3. The van der Waals surface area contributed by atoms with Crippen LogP contribution in [-0.4, -0.2) is 31.4 Å². The Morgan fingerprint density at radius 2 is 2.14 bits per heavy atom. The molecule has 0 aliphatic heterocycles. The zero-order chi connectivity index (χ0) is 16.2. The molecular weight excluding hydrogens is 260 g/mol. The lowest BCUT2D eigenvalue weighted by atomic mass is 9.62. The van der Waals surface area contributed by atoms with E-state index in [4.69, 9.17) is 11.1 Å². The van der Waals surface area contributed by atoms with Crippen molar-refractivity contribution in [2.75, 3.05) is 20.6 Å². The summed E-state index contributed by atoms with van der Waals surface area (Å²) in [6.07, 6.45) is 4.81. The number of nitrogens with zero attached hydrogens (tertiary/aromatic N) is 1. The first-order valence-corrected chi connectivity index (χ1v) is 7.76. The van der Waals surface area contributed by atoms with E-state index in [9.17, 15) is 0 Å². The molecule has 1 fully saturated rings. The molecule has 4 N–H and O–H groups in total. The Labute approximate surface area is 129 Å². The van der Waals surface area contributed by atoms with Gasteiger partial charge in [-0.25, -0.2) is 5.01 Å². The van der Waals surface area contributed by atoms with Crippen LogP contribution >= 0.6 is 0 Å². The molecule has 1 saturated carbocycles. The van der Waals surface area contributed by atoms with Gasteiger partial charge < -0.3 is 11.1 Å². The van der Waals surface area contributed by atoms with E-state index in [1.54, 1.807) is 6.20 Å². The fourth-order valence-corrected chi connectivity index (χ4v) is 3.40. The van der Waals surface area contributed by atoms with Gasteiger partial charge in [0.05, 0.1) is 0 Å². The van der Waals surface area contributed by atoms with Crippen molar-refractivity contribution in [1.82, 2.24) is 10.4 Å². The molecule has 4 heteroatoms. The van der Waals surface area contributed by atoms with Crippen LogP contribution < -0.4 is 11.2 Å². The van der Waals surface area contributed by atoms with Crippen molar-refractivity contribution in [2.45, 2.75) is 40.0 Å². The van der Waals surface area contributed by atoms with E-state index in [2.05, 4.69) is 32.8 Å². The molecule has 0 heterocycles. The van der Waals surface area contributed by atoms with Gasteiger partial charge in [-0.15, -0.1) is 0 Å². The third-order valence-electron chi connectivity index (χ3n) is 4.94. The maximum absolute atomic E-state index is 8.54. The molecule has 21 heavy (non-hydrogen) atoms. The van der Waals surface area contributed by atoms with Crippen molar-refractivity contribution in [3.8, 4) is 0 Å². The monoisotopic (exact) mass is 292 g/mol. The van der Waals surface area contributed by atoms with Gasteiger partial charge in [-0.1, -0.05) is 26.0 Å². The molecule has 2 unspecified atom stereocenters. The van der Waals surface area contributed by atoms with Crippen molar-refractivity contribution in [3.63, 3.8) is 0 Å². The molecule has 2 atom stereocenters. The highest BCUT2D eigenvalue weighted by Crippen LogP contribution is 2.46. The van der Waals surface area contributed by atoms with Gasteiger partial charge in [-0.2, -0.15) is 0 Å². The molecule has 1 aliphatic rings. The normalized spacial score (nSPS) is 25.9. The van der Waals surface area contributed by atoms with E-state index in [0.29, 0.717) is 24.1 Å². The minimum atomic E-state index is 0.289. The predicted molar refractivity (Wildman–Crippen MR) is 91.1 cm³/mol. The van der Waals surface area contributed by atoms with E-state index >= 15 is 0 Å². The number of rotatable bonds is 6. The van der Waals surface area contributed by atoms with Gasteiger partial charge in [0.1, 0.15) is 0 Å². The average molecular weight is 292 g/mol. The number of likely N-dealkylation sites (N-methyl/N-ethyl adjacent to an activating group) is 1. The highest BCUT2D eigenvalue weighted by molar-refractivity contribution is 5.99. The highest BCUT2D eigenvalue weighted by atomic mass is 15.5. The number of hydrogen-bond acceptors (Lipinski definition) is 4. The molecule has 0 aromatic rings. The summed E-state index contributed by atoms with van der Waals surface area (Å²) in [5, 5.41) is 10.5.